The third-order valence-corrected chi connectivity index (χ3v) is 2.47. The lowest BCUT2D eigenvalue weighted by Gasteiger charge is -2.15. The number of hydrogen-bond donors (Lipinski definition) is 0. The Morgan fingerprint density at radius 2 is 2.00 bits per heavy atom. The summed E-state index contributed by atoms with van der Waals surface area (Å²) in [6, 6.07) is 9.34. The molecular weight excluding hydrogens is 230 g/mol. The van der Waals surface area contributed by atoms with E-state index in [1.165, 1.54) is 0 Å². The van der Waals surface area contributed by atoms with Crippen molar-refractivity contribution < 1.29 is 14.3 Å². The maximum Gasteiger partial charge on any atom is 0.417 e. The van der Waals surface area contributed by atoms with Crippen molar-refractivity contribution in [2.75, 3.05) is 6.54 Å². The minimum absolute atomic E-state index is 0.166. The SMILES string of the molecule is CC(C)CCN([C]=O)C(=O)OCc1ccccc1. The molecule has 0 atom stereocenters. The van der Waals surface area contributed by atoms with Gasteiger partial charge < -0.3 is 4.74 Å². The Bertz CT molecular complexity index is 376. The number of benzene rings is 1. The lowest BCUT2D eigenvalue weighted by atomic mass is 10.1. The Balaban J connectivity index is 2.40. The number of rotatable bonds is 6. The van der Waals surface area contributed by atoms with E-state index in [-0.39, 0.29) is 6.61 Å². The first-order valence-electron chi connectivity index (χ1n) is 5.99. The molecule has 1 aromatic rings. The van der Waals surface area contributed by atoms with Crippen LogP contribution in [0.4, 0.5) is 4.79 Å². The quantitative estimate of drug-likeness (QED) is 0.727. The van der Waals surface area contributed by atoms with Crippen LogP contribution < -0.4 is 0 Å². The van der Waals surface area contributed by atoms with Crippen molar-refractivity contribution in [3.63, 3.8) is 0 Å². The van der Waals surface area contributed by atoms with Gasteiger partial charge in [-0.1, -0.05) is 44.2 Å². The Hall–Kier alpha value is -1.84. The second kappa shape index (κ2) is 7.48. The third-order valence-electron chi connectivity index (χ3n) is 2.47. The van der Waals surface area contributed by atoms with Crippen LogP contribution in [0.2, 0.25) is 0 Å². The first-order chi connectivity index (χ1) is 8.63. The molecule has 97 valence electrons. The van der Waals surface area contributed by atoms with E-state index in [1.54, 1.807) is 6.41 Å². The van der Waals surface area contributed by atoms with Crippen LogP contribution in [0, 0.1) is 5.92 Å². The van der Waals surface area contributed by atoms with Crippen LogP contribution in [0.3, 0.4) is 0 Å². The van der Waals surface area contributed by atoms with Gasteiger partial charge in [-0.2, -0.15) is 0 Å². The zero-order valence-electron chi connectivity index (χ0n) is 10.8. The van der Waals surface area contributed by atoms with Gasteiger partial charge in [-0.3, -0.25) is 4.79 Å². The Kier molecular flexibility index (Phi) is 5.91. The molecule has 0 saturated heterocycles. The van der Waals surface area contributed by atoms with Gasteiger partial charge in [0.25, 0.3) is 0 Å². The van der Waals surface area contributed by atoms with Crippen molar-refractivity contribution >= 4 is 12.5 Å². The summed E-state index contributed by atoms with van der Waals surface area (Å²) < 4.78 is 5.04. The normalized spacial score (nSPS) is 10.2. The van der Waals surface area contributed by atoms with Gasteiger partial charge in [0, 0.05) is 6.54 Å². The van der Waals surface area contributed by atoms with E-state index in [0.29, 0.717) is 12.5 Å². The highest BCUT2D eigenvalue weighted by Crippen LogP contribution is 2.05. The van der Waals surface area contributed by atoms with Crippen molar-refractivity contribution in [1.82, 2.24) is 4.90 Å². The third kappa shape index (κ3) is 4.99. The number of hydrogen-bond acceptors (Lipinski definition) is 3. The van der Waals surface area contributed by atoms with Gasteiger partial charge in [0.1, 0.15) is 6.61 Å². The molecule has 1 radical (unpaired) electrons. The van der Waals surface area contributed by atoms with Crippen molar-refractivity contribution in [1.29, 1.82) is 0 Å². The predicted molar refractivity (Wildman–Crippen MR) is 68.5 cm³/mol. The number of nitrogens with zero attached hydrogens (tertiary/aromatic N) is 1. The van der Waals surface area contributed by atoms with E-state index in [9.17, 15) is 9.59 Å². The fourth-order valence-corrected chi connectivity index (χ4v) is 1.36. The molecular formula is C14H18NO3. The molecule has 1 aromatic carbocycles. The van der Waals surface area contributed by atoms with Crippen LogP contribution in [0.1, 0.15) is 25.8 Å². The van der Waals surface area contributed by atoms with E-state index < -0.39 is 6.09 Å². The first kappa shape index (κ1) is 14.2. The number of imide groups is 1. The van der Waals surface area contributed by atoms with Crippen molar-refractivity contribution in [2.45, 2.75) is 26.9 Å². The molecule has 0 unspecified atom stereocenters. The van der Waals surface area contributed by atoms with Gasteiger partial charge in [-0.15, -0.1) is 0 Å². The van der Waals surface area contributed by atoms with Crippen LogP contribution in [-0.2, 0) is 16.1 Å². The highest BCUT2D eigenvalue weighted by molar-refractivity contribution is 5.80. The first-order valence-corrected chi connectivity index (χ1v) is 5.99. The van der Waals surface area contributed by atoms with Crippen LogP contribution >= 0.6 is 0 Å². The molecule has 4 heteroatoms. The van der Waals surface area contributed by atoms with E-state index in [4.69, 9.17) is 4.74 Å². The molecule has 0 aliphatic heterocycles. The minimum Gasteiger partial charge on any atom is -0.444 e. The highest BCUT2D eigenvalue weighted by Gasteiger charge is 2.15. The zero-order valence-corrected chi connectivity index (χ0v) is 10.8. The Labute approximate surface area is 108 Å². The molecule has 18 heavy (non-hydrogen) atoms. The van der Waals surface area contributed by atoms with E-state index >= 15 is 0 Å². The summed E-state index contributed by atoms with van der Waals surface area (Å²) >= 11 is 0. The summed E-state index contributed by atoms with van der Waals surface area (Å²) in [6.45, 7) is 4.56. The minimum atomic E-state index is -0.644. The molecule has 0 aliphatic rings. The molecule has 2 amide bonds. The Morgan fingerprint density at radius 3 is 2.56 bits per heavy atom. The van der Waals surface area contributed by atoms with E-state index in [0.717, 1.165) is 16.9 Å². The average Bonchev–Trinajstić information content (AvgIpc) is 2.38. The van der Waals surface area contributed by atoms with Gasteiger partial charge >= 0.3 is 12.5 Å². The van der Waals surface area contributed by atoms with Crippen LogP contribution in [0.25, 0.3) is 0 Å². The summed E-state index contributed by atoms with van der Waals surface area (Å²) in [5.74, 6) is 0.419. The molecule has 0 spiro atoms. The maximum atomic E-state index is 11.6. The molecule has 0 aromatic heterocycles. The van der Waals surface area contributed by atoms with E-state index in [1.807, 2.05) is 44.2 Å². The fourth-order valence-electron chi connectivity index (χ4n) is 1.36. The van der Waals surface area contributed by atoms with Crippen LogP contribution in [0.5, 0.6) is 0 Å². The average molecular weight is 248 g/mol. The molecule has 0 N–H and O–H groups in total. The molecule has 0 heterocycles. The molecule has 0 aliphatic carbocycles. The van der Waals surface area contributed by atoms with Crippen LogP contribution in [-0.4, -0.2) is 23.9 Å². The van der Waals surface area contributed by atoms with Crippen molar-refractivity contribution in [3.8, 4) is 0 Å². The second-order valence-corrected chi connectivity index (χ2v) is 4.47. The summed E-state index contributed by atoms with van der Waals surface area (Å²) in [7, 11) is 0. The van der Waals surface area contributed by atoms with Gasteiger partial charge in [-0.25, -0.2) is 9.69 Å². The van der Waals surface area contributed by atoms with Gasteiger partial charge in [0.05, 0.1) is 0 Å². The smallest absolute Gasteiger partial charge is 0.417 e. The van der Waals surface area contributed by atoms with E-state index in [2.05, 4.69) is 0 Å². The zero-order chi connectivity index (χ0) is 13.4. The van der Waals surface area contributed by atoms with Gasteiger partial charge in [0.15, 0.2) is 0 Å². The molecule has 4 nitrogen and oxygen atoms in total. The highest BCUT2D eigenvalue weighted by atomic mass is 16.6. The second-order valence-electron chi connectivity index (χ2n) is 4.47. The summed E-state index contributed by atoms with van der Waals surface area (Å²) in [5.41, 5.74) is 0.889. The number of carbonyl (C=O) groups excluding carboxylic acids is 2. The number of ether oxygens (including phenoxy) is 1. The van der Waals surface area contributed by atoms with Gasteiger partial charge in [0.2, 0.25) is 0 Å². The van der Waals surface area contributed by atoms with Crippen molar-refractivity contribution in [2.24, 2.45) is 5.92 Å². The largest absolute Gasteiger partial charge is 0.444 e. The van der Waals surface area contributed by atoms with Crippen LogP contribution in [0.15, 0.2) is 30.3 Å². The number of carbonyl (C=O) groups is 1. The van der Waals surface area contributed by atoms with Crippen molar-refractivity contribution in [3.05, 3.63) is 35.9 Å². The maximum absolute atomic E-state index is 11.6. The Morgan fingerprint density at radius 1 is 1.33 bits per heavy atom. The molecule has 1 rings (SSSR count). The van der Waals surface area contributed by atoms with Gasteiger partial charge in [-0.05, 0) is 17.9 Å². The predicted octanol–water partition coefficient (Wildman–Crippen LogP) is 2.74. The monoisotopic (exact) mass is 248 g/mol. The molecule has 0 saturated carbocycles. The summed E-state index contributed by atoms with van der Waals surface area (Å²) in [6.07, 6.45) is 1.70. The summed E-state index contributed by atoms with van der Waals surface area (Å²) in [5, 5.41) is 0. The number of amides is 2. The standard InChI is InChI=1S/C14H18NO3/c1-12(2)8-9-15(11-16)14(17)18-10-13-6-4-3-5-7-13/h3-7,12H,8-10H2,1-2H3. The molecule has 0 fully saturated rings. The lowest BCUT2D eigenvalue weighted by Crippen LogP contribution is -2.31. The summed E-state index contributed by atoms with van der Waals surface area (Å²) in [4.78, 5) is 23.2. The fraction of sp³-hybridized carbons (Fsp3) is 0.429. The topological polar surface area (TPSA) is 46.6 Å². The molecule has 0 bridgehead atoms. The lowest BCUT2D eigenvalue weighted by molar-refractivity contribution is 0.114.